The van der Waals surface area contributed by atoms with Gasteiger partial charge in [0.1, 0.15) is 5.82 Å². The van der Waals surface area contributed by atoms with Crippen LogP contribution in [0.15, 0.2) is 12.3 Å². The highest BCUT2D eigenvalue weighted by atomic mass is 16.3. The summed E-state index contributed by atoms with van der Waals surface area (Å²) in [6.45, 7) is 4.04. The van der Waals surface area contributed by atoms with Crippen LogP contribution in [0.5, 0.6) is 0 Å². The quantitative estimate of drug-likeness (QED) is 0.751. The van der Waals surface area contributed by atoms with Crippen molar-refractivity contribution in [1.29, 1.82) is 0 Å². The smallest absolute Gasteiger partial charge is 0.129 e. The van der Waals surface area contributed by atoms with E-state index < -0.39 is 6.10 Å². The van der Waals surface area contributed by atoms with Crippen molar-refractivity contribution in [2.45, 2.75) is 32.8 Å². The monoisotopic (exact) mass is 192 g/mol. The van der Waals surface area contributed by atoms with Crippen LogP contribution in [0.1, 0.15) is 37.0 Å². The van der Waals surface area contributed by atoms with Crippen LogP contribution >= 0.6 is 0 Å². The van der Waals surface area contributed by atoms with E-state index in [1.54, 1.807) is 6.20 Å². The Hall–Kier alpha value is -1.09. The predicted octanol–water partition coefficient (Wildman–Crippen LogP) is 1.81. The molecule has 1 unspecified atom stereocenters. The minimum atomic E-state index is -0.463. The summed E-state index contributed by atoms with van der Waals surface area (Å²) in [5.74, 6) is 0.455. The number of anilines is 1. The van der Waals surface area contributed by atoms with Crippen molar-refractivity contribution in [2.24, 2.45) is 5.41 Å². The van der Waals surface area contributed by atoms with Gasteiger partial charge in [0.05, 0.1) is 6.10 Å². The molecule has 1 fully saturated rings. The molecule has 0 radical (unpaired) electrons. The Balaban J connectivity index is 2.35. The Morgan fingerprint density at radius 1 is 1.57 bits per heavy atom. The SMILES string of the molecule is Cc1cnc(N)c(C(O)C2(C)CC2)c1. The summed E-state index contributed by atoms with van der Waals surface area (Å²) in [4.78, 5) is 4.06. The summed E-state index contributed by atoms with van der Waals surface area (Å²) in [5.41, 5.74) is 7.60. The molecule has 76 valence electrons. The summed E-state index contributed by atoms with van der Waals surface area (Å²) < 4.78 is 0. The van der Waals surface area contributed by atoms with Crippen molar-refractivity contribution in [3.8, 4) is 0 Å². The zero-order valence-electron chi connectivity index (χ0n) is 8.62. The van der Waals surface area contributed by atoms with E-state index >= 15 is 0 Å². The van der Waals surface area contributed by atoms with Gasteiger partial charge in [0.15, 0.2) is 0 Å². The molecule has 0 spiro atoms. The average molecular weight is 192 g/mol. The van der Waals surface area contributed by atoms with Crippen LogP contribution < -0.4 is 5.73 Å². The Morgan fingerprint density at radius 3 is 2.79 bits per heavy atom. The molecule has 1 aromatic heterocycles. The van der Waals surface area contributed by atoms with Gasteiger partial charge in [-0.1, -0.05) is 6.92 Å². The molecule has 1 saturated carbocycles. The summed E-state index contributed by atoms with van der Waals surface area (Å²) in [6, 6.07) is 1.93. The van der Waals surface area contributed by atoms with Crippen molar-refractivity contribution in [3.63, 3.8) is 0 Å². The standard InChI is InChI=1S/C11H16N2O/c1-7-5-8(10(12)13-6-7)9(14)11(2)3-4-11/h5-6,9,14H,3-4H2,1-2H3,(H2,12,13). The second-order valence-electron chi connectivity index (χ2n) is 4.54. The molecule has 3 N–H and O–H groups in total. The topological polar surface area (TPSA) is 59.1 Å². The number of nitrogen functional groups attached to an aromatic ring is 1. The van der Waals surface area contributed by atoms with Crippen LogP contribution in [0.25, 0.3) is 0 Å². The van der Waals surface area contributed by atoms with Crippen LogP contribution in [-0.2, 0) is 0 Å². The van der Waals surface area contributed by atoms with Crippen LogP contribution in [0, 0.1) is 12.3 Å². The first-order valence-electron chi connectivity index (χ1n) is 4.93. The van der Waals surface area contributed by atoms with E-state index in [4.69, 9.17) is 5.73 Å². The first kappa shape index (κ1) is 9.46. The number of pyridine rings is 1. The van der Waals surface area contributed by atoms with E-state index in [1.807, 2.05) is 13.0 Å². The van der Waals surface area contributed by atoms with Gasteiger partial charge in [-0.25, -0.2) is 4.98 Å². The molecule has 14 heavy (non-hydrogen) atoms. The van der Waals surface area contributed by atoms with E-state index in [2.05, 4.69) is 11.9 Å². The molecule has 0 saturated heterocycles. The number of rotatable bonds is 2. The number of hydrogen-bond acceptors (Lipinski definition) is 3. The lowest BCUT2D eigenvalue weighted by Gasteiger charge is -2.19. The number of nitrogens with zero attached hydrogens (tertiary/aromatic N) is 1. The molecule has 0 bridgehead atoms. The molecular formula is C11H16N2O. The van der Waals surface area contributed by atoms with Gasteiger partial charge in [0.2, 0.25) is 0 Å². The second-order valence-corrected chi connectivity index (χ2v) is 4.54. The van der Waals surface area contributed by atoms with Crippen molar-refractivity contribution in [3.05, 3.63) is 23.4 Å². The van der Waals surface area contributed by atoms with Crippen LogP contribution in [0.3, 0.4) is 0 Å². The molecule has 2 rings (SSSR count). The molecule has 0 amide bonds. The van der Waals surface area contributed by atoms with Crippen molar-refractivity contribution < 1.29 is 5.11 Å². The summed E-state index contributed by atoms with van der Waals surface area (Å²) in [7, 11) is 0. The lowest BCUT2D eigenvalue weighted by Crippen LogP contribution is -2.13. The number of nitrogens with two attached hydrogens (primary N) is 1. The van der Waals surface area contributed by atoms with Crippen molar-refractivity contribution in [2.75, 3.05) is 5.73 Å². The summed E-state index contributed by atoms with van der Waals surface area (Å²) in [6.07, 6.45) is 3.40. The van der Waals surface area contributed by atoms with Gasteiger partial charge in [0, 0.05) is 11.8 Å². The van der Waals surface area contributed by atoms with E-state index in [9.17, 15) is 5.11 Å². The Bertz CT molecular complexity index is 358. The van der Waals surface area contributed by atoms with Gasteiger partial charge in [-0.2, -0.15) is 0 Å². The number of aliphatic hydroxyl groups is 1. The normalized spacial score (nSPS) is 20.5. The highest BCUT2D eigenvalue weighted by Gasteiger charge is 2.45. The van der Waals surface area contributed by atoms with Crippen molar-refractivity contribution >= 4 is 5.82 Å². The highest BCUT2D eigenvalue weighted by Crippen LogP contribution is 2.54. The second kappa shape index (κ2) is 2.95. The number of aryl methyl sites for hydroxylation is 1. The predicted molar refractivity (Wildman–Crippen MR) is 55.7 cm³/mol. The third kappa shape index (κ3) is 1.48. The molecule has 1 atom stereocenters. The van der Waals surface area contributed by atoms with E-state index in [0.29, 0.717) is 5.82 Å². The maximum absolute atomic E-state index is 10.1. The molecular weight excluding hydrogens is 176 g/mol. The van der Waals surface area contributed by atoms with Gasteiger partial charge < -0.3 is 10.8 Å². The Labute approximate surface area is 84.0 Å². The maximum Gasteiger partial charge on any atom is 0.129 e. The molecule has 1 aromatic rings. The highest BCUT2D eigenvalue weighted by molar-refractivity contribution is 5.43. The molecule has 3 nitrogen and oxygen atoms in total. The molecule has 1 aliphatic rings. The van der Waals surface area contributed by atoms with E-state index in [1.165, 1.54) is 0 Å². The molecule has 0 aromatic carbocycles. The summed E-state index contributed by atoms with van der Waals surface area (Å²) in [5, 5.41) is 10.1. The number of aromatic nitrogens is 1. The third-order valence-electron chi connectivity index (χ3n) is 3.08. The number of hydrogen-bond donors (Lipinski definition) is 2. The van der Waals surface area contributed by atoms with Crippen LogP contribution in [0.4, 0.5) is 5.82 Å². The van der Waals surface area contributed by atoms with Gasteiger partial charge in [-0.05, 0) is 36.8 Å². The molecule has 1 aliphatic carbocycles. The zero-order chi connectivity index (χ0) is 10.3. The largest absolute Gasteiger partial charge is 0.388 e. The van der Waals surface area contributed by atoms with E-state index in [-0.39, 0.29) is 5.41 Å². The molecule has 1 heterocycles. The minimum absolute atomic E-state index is 0.0313. The lowest BCUT2D eigenvalue weighted by atomic mass is 9.94. The van der Waals surface area contributed by atoms with Crippen LogP contribution in [0.2, 0.25) is 0 Å². The average Bonchev–Trinajstić information content (AvgIpc) is 2.88. The maximum atomic E-state index is 10.1. The fourth-order valence-corrected chi connectivity index (χ4v) is 1.67. The van der Waals surface area contributed by atoms with Crippen molar-refractivity contribution in [1.82, 2.24) is 4.98 Å². The first-order valence-corrected chi connectivity index (χ1v) is 4.93. The molecule has 3 heteroatoms. The minimum Gasteiger partial charge on any atom is -0.388 e. The van der Waals surface area contributed by atoms with Gasteiger partial charge >= 0.3 is 0 Å². The lowest BCUT2D eigenvalue weighted by molar-refractivity contribution is 0.104. The molecule has 0 aliphatic heterocycles. The van der Waals surface area contributed by atoms with Gasteiger partial charge in [0.25, 0.3) is 0 Å². The Morgan fingerprint density at radius 2 is 2.21 bits per heavy atom. The Kier molecular flexibility index (Phi) is 2.00. The number of aliphatic hydroxyl groups excluding tert-OH is 1. The van der Waals surface area contributed by atoms with Gasteiger partial charge in [-0.15, -0.1) is 0 Å². The third-order valence-corrected chi connectivity index (χ3v) is 3.08. The fraction of sp³-hybridized carbons (Fsp3) is 0.545. The first-order chi connectivity index (χ1) is 6.53. The van der Waals surface area contributed by atoms with E-state index in [0.717, 1.165) is 24.0 Å². The zero-order valence-corrected chi connectivity index (χ0v) is 8.62. The van der Waals surface area contributed by atoms with Crippen LogP contribution in [-0.4, -0.2) is 10.1 Å². The van der Waals surface area contributed by atoms with Gasteiger partial charge in [-0.3, -0.25) is 0 Å². The fourth-order valence-electron chi connectivity index (χ4n) is 1.67. The summed E-state index contributed by atoms with van der Waals surface area (Å²) >= 11 is 0.